The van der Waals surface area contributed by atoms with Gasteiger partial charge in [-0.2, -0.15) is 0 Å². The Labute approximate surface area is 112 Å². The standard InChI is InChI=1S/C13H17ClO4/c1-16-11-7-9(10(15)5-4-6-14)8-12(17-2)13(11)18-3/h7-8H,4-6H2,1-3H3. The van der Waals surface area contributed by atoms with Crippen LogP contribution in [0.1, 0.15) is 23.2 Å². The van der Waals surface area contributed by atoms with Crippen molar-refractivity contribution in [3.8, 4) is 17.2 Å². The number of carbonyl (C=O) groups is 1. The second-order valence-electron chi connectivity index (χ2n) is 3.63. The van der Waals surface area contributed by atoms with Crippen molar-refractivity contribution in [2.24, 2.45) is 0 Å². The first kappa shape index (κ1) is 14.6. The molecule has 5 heteroatoms. The van der Waals surface area contributed by atoms with E-state index in [0.717, 1.165) is 0 Å². The monoisotopic (exact) mass is 272 g/mol. The number of hydrogen-bond donors (Lipinski definition) is 0. The summed E-state index contributed by atoms with van der Waals surface area (Å²) in [7, 11) is 4.56. The summed E-state index contributed by atoms with van der Waals surface area (Å²) in [6, 6.07) is 3.30. The number of ketones is 1. The average molecular weight is 273 g/mol. The summed E-state index contributed by atoms with van der Waals surface area (Å²) in [5, 5.41) is 0. The highest BCUT2D eigenvalue weighted by Crippen LogP contribution is 2.38. The molecule has 0 aromatic heterocycles. The van der Waals surface area contributed by atoms with Crippen molar-refractivity contribution in [3.63, 3.8) is 0 Å². The van der Waals surface area contributed by atoms with Gasteiger partial charge in [-0.25, -0.2) is 0 Å². The Morgan fingerprint density at radius 2 is 1.67 bits per heavy atom. The average Bonchev–Trinajstić information content (AvgIpc) is 2.42. The van der Waals surface area contributed by atoms with E-state index in [1.807, 2.05) is 0 Å². The van der Waals surface area contributed by atoms with Crippen LogP contribution >= 0.6 is 11.6 Å². The highest BCUT2D eigenvalue weighted by Gasteiger charge is 2.16. The molecule has 0 radical (unpaired) electrons. The van der Waals surface area contributed by atoms with Crippen molar-refractivity contribution in [3.05, 3.63) is 17.7 Å². The summed E-state index contributed by atoms with van der Waals surface area (Å²) in [5.74, 6) is 1.91. The molecule has 1 aromatic rings. The Hall–Kier alpha value is -1.42. The number of rotatable bonds is 7. The minimum atomic E-state index is 0.00917. The summed E-state index contributed by atoms with van der Waals surface area (Å²) < 4.78 is 15.6. The Morgan fingerprint density at radius 3 is 2.06 bits per heavy atom. The van der Waals surface area contributed by atoms with Crippen molar-refractivity contribution < 1.29 is 19.0 Å². The smallest absolute Gasteiger partial charge is 0.203 e. The minimum Gasteiger partial charge on any atom is -0.493 e. The molecular formula is C13H17ClO4. The molecule has 0 aliphatic heterocycles. The van der Waals surface area contributed by atoms with Crippen LogP contribution in [0.25, 0.3) is 0 Å². The normalized spacial score (nSPS) is 10.0. The SMILES string of the molecule is COc1cc(C(=O)CCCCl)cc(OC)c1OC. The third kappa shape index (κ3) is 3.29. The fourth-order valence-electron chi connectivity index (χ4n) is 1.61. The Kier molecular flexibility index (Phi) is 5.78. The lowest BCUT2D eigenvalue weighted by atomic mass is 10.1. The van der Waals surface area contributed by atoms with Crippen molar-refractivity contribution in [1.82, 2.24) is 0 Å². The van der Waals surface area contributed by atoms with Gasteiger partial charge in [0, 0.05) is 17.9 Å². The number of hydrogen-bond acceptors (Lipinski definition) is 4. The van der Waals surface area contributed by atoms with Gasteiger partial charge in [-0.15, -0.1) is 11.6 Å². The highest BCUT2D eigenvalue weighted by molar-refractivity contribution is 6.18. The number of carbonyl (C=O) groups excluding carboxylic acids is 1. The molecule has 0 fully saturated rings. The Morgan fingerprint density at radius 1 is 1.11 bits per heavy atom. The van der Waals surface area contributed by atoms with Crippen molar-refractivity contribution >= 4 is 17.4 Å². The van der Waals surface area contributed by atoms with Crippen LogP contribution in [-0.2, 0) is 0 Å². The Balaban J connectivity index is 3.10. The van der Waals surface area contributed by atoms with E-state index in [1.165, 1.54) is 21.3 Å². The number of methoxy groups -OCH3 is 3. The number of alkyl halides is 1. The summed E-state index contributed by atoms with van der Waals surface area (Å²) in [6.07, 6.45) is 1.05. The van der Waals surface area contributed by atoms with Crippen molar-refractivity contribution in [2.75, 3.05) is 27.2 Å². The van der Waals surface area contributed by atoms with Gasteiger partial charge < -0.3 is 14.2 Å². The maximum atomic E-state index is 11.9. The third-order valence-electron chi connectivity index (χ3n) is 2.52. The van der Waals surface area contributed by atoms with E-state index in [1.54, 1.807) is 12.1 Å². The van der Waals surface area contributed by atoms with Crippen LogP contribution in [0.3, 0.4) is 0 Å². The molecular weight excluding hydrogens is 256 g/mol. The van der Waals surface area contributed by atoms with Crippen LogP contribution in [0.2, 0.25) is 0 Å². The molecule has 0 bridgehead atoms. The minimum absolute atomic E-state index is 0.00917. The molecule has 0 atom stereocenters. The van der Waals surface area contributed by atoms with E-state index in [2.05, 4.69) is 0 Å². The zero-order chi connectivity index (χ0) is 13.5. The van der Waals surface area contributed by atoms with Gasteiger partial charge in [-0.05, 0) is 18.6 Å². The first-order valence-corrected chi connectivity index (χ1v) is 6.10. The lowest BCUT2D eigenvalue weighted by Crippen LogP contribution is -2.03. The van der Waals surface area contributed by atoms with Gasteiger partial charge in [-0.1, -0.05) is 0 Å². The van der Waals surface area contributed by atoms with E-state index in [0.29, 0.717) is 41.5 Å². The van der Waals surface area contributed by atoms with Gasteiger partial charge in [-0.3, -0.25) is 4.79 Å². The van der Waals surface area contributed by atoms with Crippen molar-refractivity contribution in [1.29, 1.82) is 0 Å². The highest BCUT2D eigenvalue weighted by atomic mass is 35.5. The predicted octanol–water partition coefficient (Wildman–Crippen LogP) is 2.91. The summed E-state index contributed by atoms with van der Waals surface area (Å²) in [6.45, 7) is 0. The van der Waals surface area contributed by atoms with Crippen LogP contribution < -0.4 is 14.2 Å². The third-order valence-corrected chi connectivity index (χ3v) is 2.79. The first-order valence-electron chi connectivity index (χ1n) is 5.57. The van der Waals surface area contributed by atoms with E-state index < -0.39 is 0 Å². The van der Waals surface area contributed by atoms with E-state index in [4.69, 9.17) is 25.8 Å². The molecule has 18 heavy (non-hydrogen) atoms. The lowest BCUT2D eigenvalue weighted by Gasteiger charge is -2.13. The largest absolute Gasteiger partial charge is 0.493 e. The number of ether oxygens (including phenoxy) is 3. The van der Waals surface area contributed by atoms with Gasteiger partial charge >= 0.3 is 0 Å². The molecule has 100 valence electrons. The topological polar surface area (TPSA) is 44.8 Å². The zero-order valence-electron chi connectivity index (χ0n) is 10.8. The molecule has 0 heterocycles. The number of halogens is 1. The molecule has 1 rings (SSSR count). The van der Waals surface area contributed by atoms with Crippen LogP contribution in [0.5, 0.6) is 17.2 Å². The van der Waals surface area contributed by atoms with Gasteiger partial charge in [0.1, 0.15) is 0 Å². The van der Waals surface area contributed by atoms with Gasteiger partial charge in [0.05, 0.1) is 21.3 Å². The maximum absolute atomic E-state index is 11.9. The molecule has 0 N–H and O–H groups in total. The van der Waals surface area contributed by atoms with Crippen LogP contribution in [0, 0.1) is 0 Å². The molecule has 1 aromatic carbocycles. The van der Waals surface area contributed by atoms with E-state index >= 15 is 0 Å². The zero-order valence-corrected chi connectivity index (χ0v) is 11.5. The second kappa shape index (κ2) is 7.11. The Bertz CT molecular complexity index is 392. The summed E-state index contributed by atoms with van der Waals surface area (Å²) >= 11 is 5.58. The lowest BCUT2D eigenvalue weighted by molar-refractivity contribution is 0.0981. The van der Waals surface area contributed by atoms with Crippen molar-refractivity contribution in [2.45, 2.75) is 12.8 Å². The molecule has 0 amide bonds. The molecule has 0 saturated heterocycles. The summed E-state index contributed by atoms with van der Waals surface area (Å²) in [5.41, 5.74) is 0.537. The predicted molar refractivity (Wildman–Crippen MR) is 70.4 cm³/mol. The molecule has 0 aliphatic rings. The fraction of sp³-hybridized carbons (Fsp3) is 0.462. The molecule has 0 unspecified atom stereocenters. The molecule has 0 saturated carbocycles. The molecule has 0 aliphatic carbocycles. The van der Waals surface area contributed by atoms with Crippen LogP contribution in [-0.4, -0.2) is 33.0 Å². The second-order valence-corrected chi connectivity index (χ2v) is 4.01. The van der Waals surface area contributed by atoms with Crippen LogP contribution in [0.15, 0.2) is 12.1 Å². The van der Waals surface area contributed by atoms with E-state index in [9.17, 15) is 4.79 Å². The van der Waals surface area contributed by atoms with Gasteiger partial charge in [0.2, 0.25) is 5.75 Å². The number of benzene rings is 1. The van der Waals surface area contributed by atoms with Gasteiger partial charge in [0.25, 0.3) is 0 Å². The number of Topliss-reactive ketones (excluding diaryl/α,β-unsaturated/α-hetero) is 1. The fourth-order valence-corrected chi connectivity index (χ4v) is 1.75. The molecule has 0 spiro atoms. The maximum Gasteiger partial charge on any atom is 0.203 e. The summed E-state index contributed by atoms with van der Waals surface area (Å²) in [4.78, 5) is 11.9. The van der Waals surface area contributed by atoms with E-state index in [-0.39, 0.29) is 5.78 Å². The van der Waals surface area contributed by atoms with Gasteiger partial charge in [0.15, 0.2) is 17.3 Å². The molecule has 4 nitrogen and oxygen atoms in total. The quantitative estimate of drug-likeness (QED) is 0.565. The van der Waals surface area contributed by atoms with Crippen LogP contribution in [0.4, 0.5) is 0 Å². The first-order chi connectivity index (χ1) is 8.67.